The summed E-state index contributed by atoms with van der Waals surface area (Å²) in [6, 6.07) is 0. The molecule has 0 fully saturated rings. The first-order chi connectivity index (χ1) is 35.5. The van der Waals surface area contributed by atoms with Gasteiger partial charge in [0.2, 0.25) is 0 Å². The van der Waals surface area contributed by atoms with Crippen molar-refractivity contribution in [1.29, 1.82) is 0 Å². The maximum absolute atomic E-state index is 12.9. The fourth-order valence-corrected chi connectivity index (χ4v) is 7.79. The van der Waals surface area contributed by atoms with Gasteiger partial charge in [-0.05, 0) is 122 Å². The summed E-state index contributed by atoms with van der Waals surface area (Å²) in [7, 11) is 0. The minimum atomic E-state index is -0.798. The van der Waals surface area contributed by atoms with Crippen LogP contribution in [0.4, 0.5) is 0 Å². The SMILES string of the molecule is CC/C=C\C/C=C\C/C=C\C/C=C\C/C=C\CCCCCCCCCC(=O)OCC(COC(=O)CCCCCCC/C=C\C/C=C\CCCC)OC(=O)CCCCCCCCC/C=C\C/C=C\C/C=C\CC. The fourth-order valence-electron chi connectivity index (χ4n) is 7.79. The fraction of sp³-hybridized carbons (Fsp3) is 0.652. The monoisotopic (exact) mass is 997 g/mol. The first-order valence-electron chi connectivity index (χ1n) is 29.5. The lowest BCUT2D eigenvalue weighted by Crippen LogP contribution is -2.30. The Morgan fingerprint density at radius 1 is 0.292 bits per heavy atom. The molecule has 0 saturated heterocycles. The van der Waals surface area contributed by atoms with Crippen LogP contribution in [-0.2, 0) is 28.6 Å². The summed E-state index contributed by atoms with van der Waals surface area (Å²) in [6.07, 6.45) is 81.8. The molecule has 0 aliphatic heterocycles. The van der Waals surface area contributed by atoms with E-state index in [2.05, 4.69) is 142 Å². The van der Waals surface area contributed by atoms with E-state index in [0.717, 1.165) is 148 Å². The quantitative estimate of drug-likeness (QED) is 0.0261. The number of carbonyl (C=O) groups excluding carboxylic acids is 3. The van der Waals surface area contributed by atoms with Gasteiger partial charge in [-0.2, -0.15) is 0 Å². The number of carbonyl (C=O) groups is 3. The second kappa shape index (κ2) is 59.4. The van der Waals surface area contributed by atoms with E-state index >= 15 is 0 Å². The Hall–Kier alpha value is -4.19. The Balaban J connectivity index is 4.42. The molecule has 408 valence electrons. The molecular weight excluding hydrogens is 889 g/mol. The minimum Gasteiger partial charge on any atom is -0.462 e. The maximum Gasteiger partial charge on any atom is 0.306 e. The molecule has 0 heterocycles. The number of allylic oxidation sites excluding steroid dienone is 20. The van der Waals surface area contributed by atoms with Gasteiger partial charge in [0.1, 0.15) is 13.2 Å². The second-order valence-electron chi connectivity index (χ2n) is 19.1. The van der Waals surface area contributed by atoms with Gasteiger partial charge in [-0.1, -0.05) is 239 Å². The second-order valence-corrected chi connectivity index (χ2v) is 19.1. The van der Waals surface area contributed by atoms with Crippen molar-refractivity contribution in [3.8, 4) is 0 Å². The van der Waals surface area contributed by atoms with E-state index in [1.165, 1.54) is 70.6 Å². The van der Waals surface area contributed by atoms with Crippen molar-refractivity contribution in [2.45, 2.75) is 264 Å². The number of hydrogen-bond donors (Lipinski definition) is 0. The van der Waals surface area contributed by atoms with Crippen LogP contribution in [0.1, 0.15) is 258 Å². The van der Waals surface area contributed by atoms with Crippen LogP contribution in [0.15, 0.2) is 122 Å². The molecule has 0 bridgehead atoms. The molecule has 72 heavy (non-hydrogen) atoms. The molecule has 1 unspecified atom stereocenters. The number of hydrogen-bond acceptors (Lipinski definition) is 6. The van der Waals surface area contributed by atoms with Gasteiger partial charge >= 0.3 is 17.9 Å². The van der Waals surface area contributed by atoms with Crippen LogP contribution in [-0.4, -0.2) is 37.2 Å². The van der Waals surface area contributed by atoms with Crippen LogP contribution in [0.25, 0.3) is 0 Å². The van der Waals surface area contributed by atoms with Crippen LogP contribution in [0.3, 0.4) is 0 Å². The largest absolute Gasteiger partial charge is 0.462 e. The third-order valence-corrected chi connectivity index (χ3v) is 12.2. The van der Waals surface area contributed by atoms with Crippen molar-refractivity contribution in [3.05, 3.63) is 122 Å². The maximum atomic E-state index is 12.9. The Bertz CT molecular complexity index is 1520. The molecule has 0 radical (unpaired) electrons. The van der Waals surface area contributed by atoms with E-state index in [4.69, 9.17) is 14.2 Å². The zero-order chi connectivity index (χ0) is 52.2. The third kappa shape index (κ3) is 56.7. The van der Waals surface area contributed by atoms with Crippen molar-refractivity contribution in [1.82, 2.24) is 0 Å². The van der Waals surface area contributed by atoms with Gasteiger partial charge in [0.25, 0.3) is 0 Å². The molecule has 0 aromatic carbocycles. The molecule has 0 aromatic rings. The highest BCUT2D eigenvalue weighted by atomic mass is 16.6. The molecular formula is C66H108O6. The molecule has 0 saturated carbocycles. The molecule has 0 rings (SSSR count). The van der Waals surface area contributed by atoms with Crippen molar-refractivity contribution in [2.75, 3.05) is 13.2 Å². The van der Waals surface area contributed by atoms with Crippen LogP contribution in [0.2, 0.25) is 0 Å². The number of unbranched alkanes of at least 4 members (excludes halogenated alkanes) is 21. The van der Waals surface area contributed by atoms with Gasteiger partial charge in [0.05, 0.1) is 0 Å². The minimum absolute atomic E-state index is 0.0954. The summed E-state index contributed by atoms with van der Waals surface area (Å²) < 4.78 is 16.9. The Labute approximate surface area is 443 Å². The van der Waals surface area contributed by atoms with Crippen molar-refractivity contribution < 1.29 is 28.6 Å². The lowest BCUT2D eigenvalue weighted by Gasteiger charge is -2.18. The van der Waals surface area contributed by atoms with E-state index in [-0.39, 0.29) is 31.1 Å². The van der Waals surface area contributed by atoms with E-state index in [1.54, 1.807) is 0 Å². The molecule has 0 N–H and O–H groups in total. The Kier molecular flexibility index (Phi) is 55.9. The van der Waals surface area contributed by atoms with Crippen LogP contribution in [0, 0.1) is 0 Å². The van der Waals surface area contributed by atoms with Gasteiger partial charge in [0, 0.05) is 19.3 Å². The highest BCUT2D eigenvalue weighted by Gasteiger charge is 2.19. The number of ether oxygens (including phenoxy) is 3. The van der Waals surface area contributed by atoms with Gasteiger partial charge in [-0.15, -0.1) is 0 Å². The van der Waals surface area contributed by atoms with Crippen LogP contribution in [0.5, 0.6) is 0 Å². The van der Waals surface area contributed by atoms with Crippen molar-refractivity contribution in [2.24, 2.45) is 0 Å². The summed E-state index contributed by atoms with van der Waals surface area (Å²) in [5.41, 5.74) is 0. The van der Waals surface area contributed by atoms with E-state index < -0.39 is 6.10 Å². The average Bonchev–Trinajstić information content (AvgIpc) is 3.38. The summed E-state index contributed by atoms with van der Waals surface area (Å²) in [5.74, 6) is -0.929. The lowest BCUT2D eigenvalue weighted by atomic mass is 10.1. The molecule has 6 heteroatoms. The molecule has 0 aromatic heterocycles. The molecule has 0 aliphatic carbocycles. The molecule has 0 amide bonds. The van der Waals surface area contributed by atoms with Crippen molar-refractivity contribution >= 4 is 17.9 Å². The zero-order valence-corrected chi connectivity index (χ0v) is 46.7. The molecule has 6 nitrogen and oxygen atoms in total. The number of esters is 3. The summed E-state index contributed by atoms with van der Waals surface area (Å²) >= 11 is 0. The first-order valence-corrected chi connectivity index (χ1v) is 29.5. The summed E-state index contributed by atoms with van der Waals surface area (Å²) in [5, 5.41) is 0. The van der Waals surface area contributed by atoms with Crippen LogP contribution < -0.4 is 0 Å². The van der Waals surface area contributed by atoms with E-state index in [0.29, 0.717) is 19.3 Å². The zero-order valence-electron chi connectivity index (χ0n) is 46.7. The molecule has 0 aliphatic rings. The van der Waals surface area contributed by atoms with Gasteiger partial charge in [0.15, 0.2) is 6.10 Å². The predicted molar refractivity (Wildman–Crippen MR) is 311 cm³/mol. The van der Waals surface area contributed by atoms with E-state index in [1.807, 2.05) is 0 Å². The third-order valence-electron chi connectivity index (χ3n) is 12.2. The van der Waals surface area contributed by atoms with Gasteiger partial charge < -0.3 is 14.2 Å². The van der Waals surface area contributed by atoms with Gasteiger partial charge in [-0.25, -0.2) is 0 Å². The van der Waals surface area contributed by atoms with Crippen molar-refractivity contribution in [3.63, 3.8) is 0 Å². The van der Waals surface area contributed by atoms with Crippen LogP contribution >= 0.6 is 0 Å². The average molecular weight is 998 g/mol. The normalized spacial score (nSPS) is 13.0. The molecule has 0 spiro atoms. The topological polar surface area (TPSA) is 78.9 Å². The smallest absolute Gasteiger partial charge is 0.306 e. The first kappa shape index (κ1) is 67.8. The predicted octanol–water partition coefficient (Wildman–Crippen LogP) is 20.0. The highest BCUT2D eigenvalue weighted by Crippen LogP contribution is 2.14. The standard InChI is InChI=1S/C66H108O6/c1-4-7-10-13-16-19-22-25-28-30-31-32-33-34-35-37-38-41-44-47-50-53-56-59-65(68)71-62-63(61-70-64(67)58-55-52-49-46-43-40-27-24-21-18-15-12-9-6-3)72-66(69)60-57-54-51-48-45-42-39-36-29-26-23-20-17-14-11-8-5-2/h7-8,10-11,15-20,24-29,31-32,34-35,63H,4-6,9,12-14,21-23,30,33,36-62H2,1-3H3/b10-7-,11-8-,18-15-,19-16-,20-17-,27-24-,28-25-,29-26-,32-31-,35-34-. The van der Waals surface area contributed by atoms with E-state index in [9.17, 15) is 14.4 Å². The summed E-state index contributed by atoms with van der Waals surface area (Å²) in [4.78, 5) is 38.2. The Morgan fingerprint density at radius 2 is 0.542 bits per heavy atom. The lowest BCUT2D eigenvalue weighted by molar-refractivity contribution is -0.167. The number of rotatable bonds is 52. The highest BCUT2D eigenvalue weighted by molar-refractivity contribution is 5.71. The Morgan fingerprint density at radius 3 is 0.847 bits per heavy atom. The molecule has 1 atom stereocenters. The van der Waals surface area contributed by atoms with Gasteiger partial charge in [-0.3, -0.25) is 14.4 Å². The summed E-state index contributed by atoms with van der Waals surface area (Å²) in [6.45, 7) is 6.35.